The van der Waals surface area contributed by atoms with Gasteiger partial charge in [-0.2, -0.15) is 0 Å². The first-order valence-corrected chi connectivity index (χ1v) is 5.24. The highest BCUT2D eigenvalue weighted by molar-refractivity contribution is 5.96. The van der Waals surface area contributed by atoms with Crippen LogP contribution in [0, 0.1) is 12.8 Å². The Balaban J connectivity index is 2.16. The van der Waals surface area contributed by atoms with E-state index in [1.807, 2.05) is 38.2 Å². The van der Waals surface area contributed by atoms with Crippen LogP contribution >= 0.6 is 0 Å². The summed E-state index contributed by atoms with van der Waals surface area (Å²) >= 11 is 0. The summed E-state index contributed by atoms with van der Waals surface area (Å²) in [6.45, 7) is 3.66. The minimum Gasteiger partial charge on any atom is -0.315 e. The van der Waals surface area contributed by atoms with Crippen LogP contribution in [0.25, 0.3) is 0 Å². The van der Waals surface area contributed by atoms with Crippen molar-refractivity contribution in [3.8, 4) is 0 Å². The summed E-state index contributed by atoms with van der Waals surface area (Å²) in [5, 5.41) is 3.12. The maximum absolute atomic E-state index is 12.0. The van der Waals surface area contributed by atoms with Gasteiger partial charge in [-0.25, -0.2) is 0 Å². The number of amides is 1. The van der Waals surface area contributed by atoms with Gasteiger partial charge in [0.05, 0.1) is 5.92 Å². The second-order valence-corrected chi connectivity index (χ2v) is 4.04. The molecule has 0 saturated carbocycles. The zero-order valence-corrected chi connectivity index (χ0v) is 9.16. The number of carbonyl (C=O) groups is 1. The number of aryl methyl sites for hydroxylation is 1. The lowest BCUT2D eigenvalue weighted by Gasteiger charge is -2.30. The average molecular weight is 204 g/mol. The number of rotatable bonds is 2. The third-order valence-electron chi connectivity index (χ3n) is 2.94. The number of anilines is 1. The van der Waals surface area contributed by atoms with Gasteiger partial charge in [0, 0.05) is 25.8 Å². The van der Waals surface area contributed by atoms with Crippen molar-refractivity contribution in [2.24, 2.45) is 5.92 Å². The Bertz CT molecular complexity index is 372. The zero-order valence-electron chi connectivity index (χ0n) is 9.16. The lowest BCUT2D eigenvalue weighted by molar-refractivity contribution is -0.123. The Hall–Kier alpha value is -1.35. The summed E-state index contributed by atoms with van der Waals surface area (Å²) in [6, 6.07) is 7.96. The van der Waals surface area contributed by atoms with Gasteiger partial charge in [0.25, 0.3) is 0 Å². The normalized spacial score (nSPS) is 15.9. The maximum Gasteiger partial charge on any atom is 0.232 e. The summed E-state index contributed by atoms with van der Waals surface area (Å²) in [5.41, 5.74) is 2.15. The van der Waals surface area contributed by atoms with Crippen molar-refractivity contribution in [1.82, 2.24) is 5.32 Å². The quantitative estimate of drug-likeness (QED) is 0.784. The van der Waals surface area contributed by atoms with Crippen LogP contribution < -0.4 is 10.2 Å². The number of benzene rings is 1. The zero-order chi connectivity index (χ0) is 10.8. The molecule has 0 aromatic heterocycles. The topological polar surface area (TPSA) is 32.3 Å². The Morgan fingerprint density at radius 2 is 2.07 bits per heavy atom. The predicted octanol–water partition coefficient (Wildman–Crippen LogP) is 1.18. The maximum atomic E-state index is 12.0. The van der Waals surface area contributed by atoms with Crippen LogP contribution in [-0.2, 0) is 4.79 Å². The van der Waals surface area contributed by atoms with Gasteiger partial charge >= 0.3 is 0 Å². The number of hydrogen-bond acceptors (Lipinski definition) is 2. The smallest absolute Gasteiger partial charge is 0.232 e. The summed E-state index contributed by atoms with van der Waals surface area (Å²) < 4.78 is 0. The molecule has 1 fully saturated rings. The molecule has 1 aromatic carbocycles. The molecule has 0 unspecified atom stereocenters. The Labute approximate surface area is 90.1 Å². The molecule has 0 atom stereocenters. The fraction of sp³-hybridized carbons (Fsp3) is 0.417. The summed E-state index contributed by atoms with van der Waals surface area (Å²) in [7, 11) is 1.85. The summed E-state index contributed by atoms with van der Waals surface area (Å²) in [4.78, 5) is 13.7. The van der Waals surface area contributed by atoms with Gasteiger partial charge in [-0.05, 0) is 18.6 Å². The lowest BCUT2D eigenvalue weighted by atomic mass is 10.0. The molecule has 1 aliphatic heterocycles. The molecular weight excluding hydrogens is 188 g/mol. The minimum absolute atomic E-state index is 0.162. The molecule has 0 spiro atoms. The van der Waals surface area contributed by atoms with Gasteiger partial charge < -0.3 is 10.2 Å². The highest BCUT2D eigenvalue weighted by Gasteiger charge is 2.28. The fourth-order valence-corrected chi connectivity index (χ4v) is 1.80. The predicted molar refractivity (Wildman–Crippen MR) is 60.9 cm³/mol. The summed E-state index contributed by atoms with van der Waals surface area (Å²) in [5.74, 6) is 0.373. The van der Waals surface area contributed by atoms with Crippen LogP contribution in [0.3, 0.4) is 0 Å². The van der Waals surface area contributed by atoms with E-state index in [0.717, 1.165) is 24.3 Å². The minimum atomic E-state index is 0.162. The second-order valence-electron chi connectivity index (χ2n) is 4.04. The Kier molecular flexibility index (Phi) is 2.73. The van der Waals surface area contributed by atoms with Gasteiger partial charge in [-0.1, -0.05) is 18.2 Å². The number of hydrogen-bond donors (Lipinski definition) is 1. The van der Waals surface area contributed by atoms with Crippen LogP contribution in [-0.4, -0.2) is 26.0 Å². The molecule has 1 aromatic rings. The molecule has 0 bridgehead atoms. The van der Waals surface area contributed by atoms with E-state index >= 15 is 0 Å². The van der Waals surface area contributed by atoms with Crippen LogP contribution in [0.2, 0.25) is 0 Å². The van der Waals surface area contributed by atoms with Crippen molar-refractivity contribution in [3.63, 3.8) is 0 Å². The van der Waals surface area contributed by atoms with E-state index in [1.165, 1.54) is 0 Å². The van der Waals surface area contributed by atoms with Crippen LogP contribution in [0.15, 0.2) is 24.3 Å². The first-order valence-electron chi connectivity index (χ1n) is 5.24. The van der Waals surface area contributed by atoms with E-state index in [0.29, 0.717) is 0 Å². The van der Waals surface area contributed by atoms with Crippen LogP contribution in [0.1, 0.15) is 5.56 Å². The molecular formula is C12H16N2O. The largest absolute Gasteiger partial charge is 0.315 e. The molecule has 2 rings (SSSR count). The van der Waals surface area contributed by atoms with Crippen LogP contribution in [0.4, 0.5) is 5.69 Å². The van der Waals surface area contributed by atoms with E-state index in [1.54, 1.807) is 4.90 Å². The molecule has 0 radical (unpaired) electrons. The summed E-state index contributed by atoms with van der Waals surface area (Å²) in [6.07, 6.45) is 0. The van der Waals surface area contributed by atoms with Gasteiger partial charge in [0.2, 0.25) is 5.91 Å². The average Bonchev–Trinajstić information content (AvgIpc) is 2.15. The first kappa shape index (κ1) is 10.2. The number of para-hydroxylation sites is 1. The van der Waals surface area contributed by atoms with Gasteiger partial charge in [-0.15, -0.1) is 0 Å². The molecule has 80 valence electrons. The van der Waals surface area contributed by atoms with Crippen molar-refractivity contribution >= 4 is 11.6 Å². The van der Waals surface area contributed by atoms with Crippen molar-refractivity contribution < 1.29 is 4.79 Å². The monoisotopic (exact) mass is 204 g/mol. The van der Waals surface area contributed by atoms with Gasteiger partial charge in [-0.3, -0.25) is 4.79 Å². The van der Waals surface area contributed by atoms with E-state index < -0.39 is 0 Å². The van der Waals surface area contributed by atoms with Crippen molar-refractivity contribution in [3.05, 3.63) is 29.8 Å². The molecule has 1 aliphatic rings. The third kappa shape index (κ3) is 1.88. The molecule has 3 heteroatoms. The SMILES string of the molecule is Cc1ccccc1N(C)C(=O)C1CNC1. The van der Waals surface area contributed by atoms with Crippen LogP contribution in [0.5, 0.6) is 0 Å². The van der Waals surface area contributed by atoms with Gasteiger partial charge in [0.15, 0.2) is 0 Å². The van der Waals surface area contributed by atoms with E-state index in [4.69, 9.17) is 0 Å². The van der Waals surface area contributed by atoms with Crippen molar-refractivity contribution in [2.75, 3.05) is 25.0 Å². The van der Waals surface area contributed by atoms with Gasteiger partial charge in [0.1, 0.15) is 0 Å². The number of nitrogens with zero attached hydrogens (tertiary/aromatic N) is 1. The van der Waals surface area contributed by atoms with E-state index in [2.05, 4.69) is 5.32 Å². The Morgan fingerprint density at radius 3 is 2.60 bits per heavy atom. The highest BCUT2D eigenvalue weighted by atomic mass is 16.2. The van der Waals surface area contributed by atoms with Crippen molar-refractivity contribution in [1.29, 1.82) is 0 Å². The molecule has 3 nitrogen and oxygen atoms in total. The van der Waals surface area contributed by atoms with E-state index in [-0.39, 0.29) is 11.8 Å². The standard InChI is InChI=1S/C12H16N2O/c1-9-5-3-4-6-11(9)14(2)12(15)10-7-13-8-10/h3-6,10,13H,7-8H2,1-2H3. The van der Waals surface area contributed by atoms with Crippen molar-refractivity contribution in [2.45, 2.75) is 6.92 Å². The first-order chi connectivity index (χ1) is 7.20. The fourth-order valence-electron chi connectivity index (χ4n) is 1.80. The molecule has 0 aliphatic carbocycles. The Morgan fingerprint density at radius 1 is 1.40 bits per heavy atom. The molecule has 15 heavy (non-hydrogen) atoms. The molecule has 1 amide bonds. The number of carbonyl (C=O) groups excluding carboxylic acids is 1. The van der Waals surface area contributed by atoms with E-state index in [9.17, 15) is 4.79 Å². The molecule has 1 N–H and O–H groups in total. The molecule has 1 saturated heterocycles. The number of nitrogens with one attached hydrogen (secondary N) is 1. The molecule has 1 heterocycles. The third-order valence-corrected chi connectivity index (χ3v) is 2.94. The second kappa shape index (κ2) is 4.03. The highest BCUT2D eigenvalue weighted by Crippen LogP contribution is 2.20. The lowest BCUT2D eigenvalue weighted by Crippen LogP contribution is -2.51.